The molecule has 2 atom stereocenters. The van der Waals surface area contributed by atoms with Crippen molar-refractivity contribution in [3.63, 3.8) is 0 Å². The van der Waals surface area contributed by atoms with Crippen LogP contribution < -0.4 is 11.1 Å². The lowest BCUT2D eigenvalue weighted by molar-refractivity contribution is 0.408. The lowest BCUT2D eigenvalue weighted by atomic mass is 9.92. The Bertz CT molecular complexity index is 1170. The first-order valence-electron chi connectivity index (χ1n) is 10.4. The summed E-state index contributed by atoms with van der Waals surface area (Å²) in [5, 5.41) is 5.11. The van der Waals surface area contributed by atoms with Crippen LogP contribution in [-0.4, -0.2) is 26.6 Å². The highest BCUT2D eigenvalue weighted by Crippen LogP contribution is 2.35. The fraction of sp³-hybridized carbons (Fsp3) is 0.250. The number of anilines is 1. The smallest absolute Gasteiger partial charge is 0.223 e. The maximum atomic E-state index is 6.57. The number of rotatable bonds is 4. The summed E-state index contributed by atoms with van der Waals surface area (Å²) in [6.45, 7) is 0. The van der Waals surface area contributed by atoms with E-state index in [0.717, 1.165) is 53.5 Å². The van der Waals surface area contributed by atoms with E-state index >= 15 is 0 Å². The van der Waals surface area contributed by atoms with Crippen LogP contribution in [-0.2, 0) is 0 Å². The van der Waals surface area contributed by atoms with E-state index in [9.17, 15) is 0 Å². The molecule has 6 heteroatoms. The molecule has 2 heterocycles. The van der Waals surface area contributed by atoms with E-state index < -0.39 is 0 Å². The van der Waals surface area contributed by atoms with Crippen LogP contribution in [0.15, 0.2) is 67.0 Å². The van der Waals surface area contributed by atoms with Gasteiger partial charge in [0, 0.05) is 34.9 Å². The highest BCUT2D eigenvalue weighted by molar-refractivity contribution is 6.33. The quantitative estimate of drug-likeness (QED) is 0.465. The van der Waals surface area contributed by atoms with Gasteiger partial charge in [-0.2, -0.15) is 0 Å². The number of fused-ring (bicyclic) bond motifs is 1. The molecule has 0 bridgehead atoms. The van der Waals surface area contributed by atoms with Gasteiger partial charge in [-0.25, -0.2) is 9.97 Å². The van der Waals surface area contributed by atoms with Gasteiger partial charge in [-0.15, -0.1) is 0 Å². The molecule has 4 aromatic rings. The number of hydrogen-bond donors (Lipinski definition) is 2. The molecule has 0 saturated heterocycles. The number of nitrogens with one attached hydrogen (secondary N) is 1. The fourth-order valence-corrected chi connectivity index (χ4v) is 4.53. The minimum absolute atomic E-state index is 0.242. The summed E-state index contributed by atoms with van der Waals surface area (Å²) in [5.74, 6) is 0.602. The maximum Gasteiger partial charge on any atom is 0.223 e. The van der Waals surface area contributed by atoms with E-state index in [1.165, 1.54) is 0 Å². The van der Waals surface area contributed by atoms with Crippen LogP contribution in [0.3, 0.4) is 0 Å². The molecule has 1 aliphatic rings. The Morgan fingerprint density at radius 3 is 2.67 bits per heavy atom. The first-order valence-corrected chi connectivity index (χ1v) is 10.8. The zero-order valence-electron chi connectivity index (χ0n) is 16.6. The van der Waals surface area contributed by atoms with Crippen molar-refractivity contribution in [2.75, 3.05) is 5.32 Å². The van der Waals surface area contributed by atoms with Gasteiger partial charge in [-0.1, -0.05) is 48.0 Å². The van der Waals surface area contributed by atoms with E-state index in [0.29, 0.717) is 17.0 Å². The van der Waals surface area contributed by atoms with Gasteiger partial charge in [0.15, 0.2) is 0 Å². The average molecular weight is 418 g/mol. The van der Waals surface area contributed by atoms with E-state index in [1.807, 2.05) is 30.3 Å². The molecule has 0 radical (unpaired) electrons. The Hall–Kier alpha value is -2.89. The molecule has 0 aliphatic heterocycles. The van der Waals surface area contributed by atoms with Crippen LogP contribution in [0.5, 0.6) is 0 Å². The van der Waals surface area contributed by atoms with E-state index in [4.69, 9.17) is 22.3 Å². The van der Waals surface area contributed by atoms with Crippen molar-refractivity contribution in [2.45, 2.75) is 37.8 Å². The highest BCUT2D eigenvalue weighted by atomic mass is 35.5. The van der Waals surface area contributed by atoms with Crippen LogP contribution in [0.2, 0.25) is 5.02 Å². The Kier molecular flexibility index (Phi) is 5.15. The summed E-state index contributed by atoms with van der Waals surface area (Å²) in [6.07, 6.45) is 8.03. The lowest BCUT2D eigenvalue weighted by Gasteiger charge is -2.27. The summed E-state index contributed by atoms with van der Waals surface area (Å²) in [7, 11) is 0. The Morgan fingerprint density at radius 2 is 1.83 bits per heavy atom. The Morgan fingerprint density at radius 1 is 1.03 bits per heavy atom. The summed E-state index contributed by atoms with van der Waals surface area (Å²) in [4.78, 5) is 9.24. The first-order chi connectivity index (χ1) is 14.7. The third kappa shape index (κ3) is 3.66. The monoisotopic (exact) mass is 417 g/mol. The van der Waals surface area contributed by atoms with Crippen LogP contribution in [0.1, 0.15) is 25.7 Å². The molecule has 0 unspecified atom stereocenters. The van der Waals surface area contributed by atoms with Crippen molar-refractivity contribution in [2.24, 2.45) is 5.73 Å². The topological polar surface area (TPSA) is 68.8 Å². The van der Waals surface area contributed by atoms with Gasteiger partial charge in [0.25, 0.3) is 0 Å². The third-order valence-electron chi connectivity index (χ3n) is 5.79. The molecule has 1 saturated carbocycles. The standard InChI is InChI=1S/C24H24ClN5/c25-21-14-27-24(28-17-8-6-7-16(26)13-17)29-23(21)20-15-30(18-9-2-1-3-10-18)22-12-5-4-11-19(20)22/h1-5,9-12,14-17H,6-8,13,26H2,(H,27,28,29)/t16-,17+/m0/s1. The zero-order valence-corrected chi connectivity index (χ0v) is 17.4. The second-order valence-electron chi connectivity index (χ2n) is 7.92. The zero-order chi connectivity index (χ0) is 20.5. The van der Waals surface area contributed by atoms with Crippen molar-refractivity contribution in [1.29, 1.82) is 0 Å². The summed E-state index contributed by atoms with van der Waals surface area (Å²) in [6, 6.07) is 19.1. The molecule has 3 N–H and O–H groups in total. The summed E-state index contributed by atoms with van der Waals surface area (Å²) >= 11 is 6.57. The molecule has 1 aliphatic carbocycles. The minimum atomic E-state index is 0.242. The number of nitrogens with two attached hydrogens (primary N) is 1. The van der Waals surface area contributed by atoms with Crippen molar-refractivity contribution < 1.29 is 0 Å². The maximum absolute atomic E-state index is 6.57. The predicted molar refractivity (Wildman–Crippen MR) is 123 cm³/mol. The van der Waals surface area contributed by atoms with Crippen LogP contribution in [0.4, 0.5) is 5.95 Å². The molecule has 152 valence electrons. The molecule has 2 aromatic carbocycles. The van der Waals surface area contributed by atoms with Crippen molar-refractivity contribution in [3.05, 3.63) is 72.0 Å². The largest absolute Gasteiger partial charge is 0.351 e. The average Bonchev–Trinajstić information content (AvgIpc) is 3.15. The molecular weight excluding hydrogens is 394 g/mol. The molecule has 5 nitrogen and oxygen atoms in total. The van der Waals surface area contributed by atoms with Crippen molar-refractivity contribution >= 4 is 28.5 Å². The molecule has 5 rings (SSSR count). The number of aromatic nitrogens is 3. The van der Waals surface area contributed by atoms with E-state index in [-0.39, 0.29) is 6.04 Å². The first kappa shape index (κ1) is 19.1. The molecule has 1 fully saturated rings. The van der Waals surface area contributed by atoms with Crippen LogP contribution in [0.25, 0.3) is 27.8 Å². The van der Waals surface area contributed by atoms with E-state index in [1.54, 1.807) is 6.20 Å². The normalized spacial score (nSPS) is 19.1. The minimum Gasteiger partial charge on any atom is -0.351 e. The van der Waals surface area contributed by atoms with Gasteiger partial charge in [0.2, 0.25) is 5.95 Å². The van der Waals surface area contributed by atoms with Crippen molar-refractivity contribution in [3.8, 4) is 16.9 Å². The number of nitrogens with zero attached hydrogens (tertiary/aromatic N) is 3. The number of hydrogen-bond acceptors (Lipinski definition) is 4. The van der Waals surface area contributed by atoms with Crippen LogP contribution >= 0.6 is 11.6 Å². The number of benzene rings is 2. The molecule has 30 heavy (non-hydrogen) atoms. The van der Waals surface area contributed by atoms with Crippen LogP contribution in [0, 0.1) is 0 Å². The summed E-state index contributed by atoms with van der Waals surface area (Å²) in [5.41, 5.74) is 10.1. The SMILES string of the molecule is N[C@H]1CCC[C@@H](Nc2ncc(Cl)c(-c3cn(-c4ccccc4)c4ccccc34)n2)C1. The lowest BCUT2D eigenvalue weighted by Crippen LogP contribution is -2.35. The van der Waals surface area contributed by atoms with Gasteiger partial charge in [0.05, 0.1) is 22.4 Å². The molecule has 0 amide bonds. The Balaban J connectivity index is 1.57. The molecular formula is C24H24ClN5. The number of para-hydroxylation sites is 2. The molecule has 2 aromatic heterocycles. The highest BCUT2D eigenvalue weighted by Gasteiger charge is 2.21. The van der Waals surface area contributed by atoms with Gasteiger partial charge >= 0.3 is 0 Å². The molecule has 0 spiro atoms. The second-order valence-corrected chi connectivity index (χ2v) is 8.33. The van der Waals surface area contributed by atoms with Gasteiger partial charge in [-0.05, 0) is 43.9 Å². The van der Waals surface area contributed by atoms with Crippen molar-refractivity contribution in [1.82, 2.24) is 14.5 Å². The summed E-state index contributed by atoms with van der Waals surface area (Å²) < 4.78 is 2.18. The third-order valence-corrected chi connectivity index (χ3v) is 6.07. The number of halogens is 1. The van der Waals surface area contributed by atoms with Gasteiger partial charge < -0.3 is 15.6 Å². The second kappa shape index (κ2) is 8.09. The fourth-order valence-electron chi connectivity index (χ4n) is 4.34. The van der Waals surface area contributed by atoms with Gasteiger partial charge in [-0.3, -0.25) is 0 Å². The van der Waals surface area contributed by atoms with Gasteiger partial charge in [0.1, 0.15) is 0 Å². The predicted octanol–water partition coefficient (Wildman–Crippen LogP) is 5.42. The Labute approximate surface area is 180 Å². The van der Waals surface area contributed by atoms with E-state index in [2.05, 4.69) is 45.3 Å².